The van der Waals surface area contributed by atoms with Crippen molar-refractivity contribution in [1.29, 1.82) is 0 Å². The van der Waals surface area contributed by atoms with Gasteiger partial charge in [-0.3, -0.25) is 14.9 Å². The molecule has 0 bridgehead atoms. The van der Waals surface area contributed by atoms with Gasteiger partial charge >= 0.3 is 5.97 Å². The summed E-state index contributed by atoms with van der Waals surface area (Å²) in [7, 11) is 0. The summed E-state index contributed by atoms with van der Waals surface area (Å²) in [6, 6.07) is 10.9. The largest absolute Gasteiger partial charge is 0.452 e. The molecule has 124 valence electrons. The molecule has 24 heavy (non-hydrogen) atoms. The molecule has 0 aliphatic rings. The number of para-hydroxylation sites is 1. The third kappa shape index (κ3) is 3.95. The van der Waals surface area contributed by atoms with Crippen LogP contribution in [0.25, 0.3) is 0 Å². The number of rotatable bonds is 5. The average Bonchev–Trinajstić information content (AvgIpc) is 2.56. The van der Waals surface area contributed by atoms with E-state index in [1.807, 2.05) is 19.9 Å². The van der Waals surface area contributed by atoms with Gasteiger partial charge < -0.3 is 10.1 Å². The number of carbonyl (C=O) groups excluding carboxylic acids is 2. The highest BCUT2D eigenvalue weighted by Gasteiger charge is 2.21. The highest BCUT2D eigenvalue weighted by atomic mass is 16.6. The van der Waals surface area contributed by atoms with E-state index in [0.29, 0.717) is 5.69 Å². The van der Waals surface area contributed by atoms with Crippen LogP contribution in [0.4, 0.5) is 11.4 Å². The van der Waals surface area contributed by atoms with E-state index >= 15 is 0 Å². The first kappa shape index (κ1) is 17.1. The van der Waals surface area contributed by atoms with Crippen molar-refractivity contribution in [3.8, 4) is 0 Å². The van der Waals surface area contributed by atoms with Crippen molar-refractivity contribution in [3.05, 3.63) is 69.3 Å². The Morgan fingerprint density at radius 3 is 2.54 bits per heavy atom. The van der Waals surface area contributed by atoms with Crippen LogP contribution in [0.2, 0.25) is 0 Å². The van der Waals surface area contributed by atoms with E-state index in [4.69, 9.17) is 4.74 Å². The van der Waals surface area contributed by atoms with E-state index in [2.05, 4.69) is 5.32 Å². The number of aryl methyl sites for hydroxylation is 1. The van der Waals surface area contributed by atoms with E-state index in [1.165, 1.54) is 24.3 Å². The minimum atomic E-state index is -0.918. The molecule has 0 saturated heterocycles. The van der Waals surface area contributed by atoms with Gasteiger partial charge in [-0.15, -0.1) is 0 Å². The first-order valence-corrected chi connectivity index (χ1v) is 7.16. The molecule has 7 heteroatoms. The van der Waals surface area contributed by atoms with Crippen molar-refractivity contribution >= 4 is 23.3 Å². The van der Waals surface area contributed by atoms with Crippen LogP contribution in [0, 0.1) is 24.0 Å². The number of hydrogen-bond acceptors (Lipinski definition) is 5. The second-order valence-electron chi connectivity index (χ2n) is 5.15. The zero-order chi connectivity index (χ0) is 17.7. The lowest BCUT2D eigenvalue weighted by Crippen LogP contribution is -2.21. The fourth-order valence-electron chi connectivity index (χ4n) is 2.09. The third-order valence-corrected chi connectivity index (χ3v) is 3.53. The molecular formula is C17H16N2O5. The van der Waals surface area contributed by atoms with Gasteiger partial charge in [0.05, 0.1) is 4.92 Å². The van der Waals surface area contributed by atoms with Crippen LogP contribution in [0.15, 0.2) is 42.5 Å². The smallest absolute Gasteiger partial charge is 0.345 e. The summed E-state index contributed by atoms with van der Waals surface area (Å²) in [4.78, 5) is 34.1. The van der Waals surface area contributed by atoms with E-state index in [9.17, 15) is 19.7 Å². The standard InChI is InChI=1S/C17H16N2O5/c1-11-6-5-8-14(12(11)2)18-16(20)10-24-17(21)13-7-3-4-9-15(13)19(22)23/h3-9H,10H2,1-2H3,(H,18,20). The molecule has 0 radical (unpaired) electrons. The molecule has 2 aromatic rings. The van der Waals surface area contributed by atoms with Crippen molar-refractivity contribution < 1.29 is 19.2 Å². The number of ether oxygens (including phenoxy) is 1. The summed E-state index contributed by atoms with van der Waals surface area (Å²) in [6.07, 6.45) is 0. The molecule has 1 N–H and O–H groups in total. The summed E-state index contributed by atoms with van der Waals surface area (Å²) < 4.78 is 4.87. The highest BCUT2D eigenvalue weighted by molar-refractivity contribution is 5.97. The number of esters is 1. The lowest BCUT2D eigenvalue weighted by molar-refractivity contribution is -0.385. The maximum absolute atomic E-state index is 11.9. The van der Waals surface area contributed by atoms with Crippen molar-refractivity contribution in [2.45, 2.75) is 13.8 Å². The van der Waals surface area contributed by atoms with Crippen LogP contribution in [0.5, 0.6) is 0 Å². The third-order valence-electron chi connectivity index (χ3n) is 3.53. The van der Waals surface area contributed by atoms with Crippen LogP contribution in [-0.2, 0) is 9.53 Å². The van der Waals surface area contributed by atoms with E-state index in [-0.39, 0.29) is 11.3 Å². The Kier molecular flexibility index (Phi) is 5.26. The van der Waals surface area contributed by atoms with Gasteiger partial charge in [-0.2, -0.15) is 0 Å². The maximum atomic E-state index is 11.9. The second kappa shape index (κ2) is 7.36. The van der Waals surface area contributed by atoms with Gasteiger partial charge in [0.15, 0.2) is 6.61 Å². The van der Waals surface area contributed by atoms with E-state index in [1.54, 1.807) is 12.1 Å². The summed E-state index contributed by atoms with van der Waals surface area (Å²) in [5.41, 5.74) is 2.00. The van der Waals surface area contributed by atoms with Crippen LogP contribution in [0.1, 0.15) is 21.5 Å². The van der Waals surface area contributed by atoms with Gasteiger partial charge in [0, 0.05) is 11.8 Å². The number of nitrogens with zero attached hydrogens (tertiary/aromatic N) is 1. The molecule has 2 rings (SSSR count). The van der Waals surface area contributed by atoms with Crippen LogP contribution in [-0.4, -0.2) is 23.4 Å². The van der Waals surface area contributed by atoms with E-state index < -0.39 is 23.4 Å². The summed E-state index contributed by atoms with van der Waals surface area (Å²) in [6.45, 7) is 3.25. The fraction of sp³-hybridized carbons (Fsp3) is 0.176. The minimum absolute atomic E-state index is 0.193. The quantitative estimate of drug-likeness (QED) is 0.517. The van der Waals surface area contributed by atoms with Crippen LogP contribution in [0.3, 0.4) is 0 Å². The number of nitro groups is 1. The lowest BCUT2D eigenvalue weighted by Gasteiger charge is -2.10. The Balaban J connectivity index is 2.01. The lowest BCUT2D eigenvalue weighted by atomic mass is 10.1. The number of carbonyl (C=O) groups is 2. The molecule has 2 aromatic carbocycles. The predicted octanol–water partition coefficient (Wildman–Crippen LogP) is 3.01. The van der Waals surface area contributed by atoms with Crippen molar-refractivity contribution in [3.63, 3.8) is 0 Å². The Hall–Kier alpha value is -3.22. The molecule has 0 aliphatic carbocycles. The molecule has 1 amide bonds. The average molecular weight is 328 g/mol. The van der Waals surface area contributed by atoms with Gasteiger partial charge in [0.25, 0.3) is 11.6 Å². The second-order valence-corrected chi connectivity index (χ2v) is 5.15. The number of hydrogen-bond donors (Lipinski definition) is 1. The fourth-order valence-corrected chi connectivity index (χ4v) is 2.09. The van der Waals surface area contributed by atoms with E-state index in [0.717, 1.165) is 11.1 Å². The van der Waals surface area contributed by atoms with Crippen LogP contribution < -0.4 is 5.32 Å². The zero-order valence-electron chi connectivity index (χ0n) is 13.2. The van der Waals surface area contributed by atoms with Crippen molar-refractivity contribution in [2.75, 3.05) is 11.9 Å². The minimum Gasteiger partial charge on any atom is -0.452 e. The van der Waals surface area contributed by atoms with Gasteiger partial charge in [-0.1, -0.05) is 24.3 Å². The van der Waals surface area contributed by atoms with Crippen LogP contribution >= 0.6 is 0 Å². The SMILES string of the molecule is Cc1cccc(NC(=O)COC(=O)c2ccccc2[N+](=O)[O-])c1C. The molecule has 0 fully saturated rings. The Bertz CT molecular complexity index is 801. The number of nitro benzene ring substituents is 1. The number of anilines is 1. The normalized spacial score (nSPS) is 10.1. The van der Waals surface area contributed by atoms with Gasteiger partial charge in [0.2, 0.25) is 0 Å². The Morgan fingerprint density at radius 2 is 1.83 bits per heavy atom. The topological polar surface area (TPSA) is 98.5 Å². The summed E-state index contributed by atoms with van der Waals surface area (Å²) in [5, 5.41) is 13.5. The summed E-state index contributed by atoms with van der Waals surface area (Å²) in [5.74, 6) is -1.44. The molecule has 0 heterocycles. The Morgan fingerprint density at radius 1 is 1.12 bits per heavy atom. The molecule has 0 spiro atoms. The molecule has 0 unspecified atom stereocenters. The molecule has 0 aliphatic heterocycles. The first-order valence-electron chi connectivity index (χ1n) is 7.16. The number of nitrogens with one attached hydrogen (secondary N) is 1. The highest BCUT2D eigenvalue weighted by Crippen LogP contribution is 2.19. The molecule has 0 atom stereocenters. The van der Waals surface area contributed by atoms with Gasteiger partial charge in [-0.25, -0.2) is 4.79 Å². The number of benzene rings is 2. The van der Waals surface area contributed by atoms with Gasteiger partial charge in [0.1, 0.15) is 5.56 Å². The summed E-state index contributed by atoms with van der Waals surface area (Å²) >= 11 is 0. The first-order chi connectivity index (χ1) is 11.4. The molecule has 7 nitrogen and oxygen atoms in total. The van der Waals surface area contributed by atoms with Gasteiger partial charge in [-0.05, 0) is 37.1 Å². The van der Waals surface area contributed by atoms with Crippen molar-refractivity contribution in [1.82, 2.24) is 0 Å². The number of amides is 1. The zero-order valence-corrected chi connectivity index (χ0v) is 13.2. The maximum Gasteiger partial charge on any atom is 0.345 e. The molecule has 0 aromatic heterocycles. The van der Waals surface area contributed by atoms with Crippen molar-refractivity contribution in [2.24, 2.45) is 0 Å². The molecular weight excluding hydrogens is 312 g/mol. The Labute approximate surface area is 138 Å². The predicted molar refractivity (Wildman–Crippen MR) is 87.9 cm³/mol. The monoisotopic (exact) mass is 328 g/mol. The molecule has 0 saturated carbocycles.